The summed E-state index contributed by atoms with van der Waals surface area (Å²) in [5.74, 6) is 1.21. The van der Waals surface area contributed by atoms with Crippen LogP contribution in [0.25, 0.3) is 0 Å². The molecule has 0 aromatic carbocycles. The van der Waals surface area contributed by atoms with Gasteiger partial charge >= 0.3 is 0 Å². The summed E-state index contributed by atoms with van der Waals surface area (Å²) in [6.45, 7) is 2.80. The van der Waals surface area contributed by atoms with Gasteiger partial charge in [-0.05, 0) is 47.3 Å². The molecule has 1 fully saturated rings. The number of hydrogen-bond acceptors (Lipinski definition) is 3. The van der Waals surface area contributed by atoms with E-state index in [0.29, 0.717) is 12.5 Å². The summed E-state index contributed by atoms with van der Waals surface area (Å²) in [6.07, 6.45) is 4.89. The number of nitrogens with zero attached hydrogens (tertiary/aromatic N) is 2. The highest BCUT2D eigenvalue weighted by Gasteiger charge is 2.30. The number of aryl methyl sites for hydroxylation is 1. The highest BCUT2D eigenvalue weighted by molar-refractivity contribution is 9.10. The number of pyridine rings is 1. The van der Waals surface area contributed by atoms with E-state index in [9.17, 15) is 0 Å². The van der Waals surface area contributed by atoms with Crippen LogP contribution in [0.3, 0.4) is 0 Å². The van der Waals surface area contributed by atoms with E-state index in [-0.39, 0.29) is 5.84 Å². The highest BCUT2D eigenvalue weighted by atomic mass is 79.9. The standard InChI is InChI=1S/C12H17BrN4/c1-8-6-10(13)12(16-7-8)17(9-2-3-9)5-4-11(14)15/h6-7,9H,2-5H2,1H3,(H3,14,15). The zero-order valence-electron chi connectivity index (χ0n) is 9.91. The maximum absolute atomic E-state index is 7.32. The third kappa shape index (κ3) is 3.19. The van der Waals surface area contributed by atoms with Crippen LogP contribution in [-0.2, 0) is 0 Å². The number of rotatable bonds is 5. The Morgan fingerprint density at radius 3 is 2.88 bits per heavy atom. The van der Waals surface area contributed by atoms with E-state index in [4.69, 9.17) is 11.1 Å². The van der Waals surface area contributed by atoms with Crippen LogP contribution >= 0.6 is 15.9 Å². The Kier molecular flexibility index (Phi) is 3.66. The van der Waals surface area contributed by atoms with Gasteiger partial charge in [-0.1, -0.05) is 0 Å². The number of anilines is 1. The van der Waals surface area contributed by atoms with Gasteiger partial charge in [-0.3, -0.25) is 5.41 Å². The molecule has 92 valence electrons. The number of halogens is 1. The number of nitrogens with one attached hydrogen (secondary N) is 1. The molecule has 0 radical (unpaired) electrons. The van der Waals surface area contributed by atoms with E-state index in [0.717, 1.165) is 22.4 Å². The largest absolute Gasteiger partial charge is 0.388 e. The van der Waals surface area contributed by atoms with Crippen molar-refractivity contribution in [3.63, 3.8) is 0 Å². The minimum Gasteiger partial charge on any atom is -0.388 e. The van der Waals surface area contributed by atoms with Crippen molar-refractivity contribution >= 4 is 27.6 Å². The van der Waals surface area contributed by atoms with Crippen molar-refractivity contribution in [1.29, 1.82) is 5.41 Å². The smallest absolute Gasteiger partial charge is 0.143 e. The Balaban J connectivity index is 2.17. The molecule has 17 heavy (non-hydrogen) atoms. The van der Waals surface area contributed by atoms with E-state index < -0.39 is 0 Å². The van der Waals surface area contributed by atoms with Crippen molar-refractivity contribution in [3.05, 3.63) is 22.3 Å². The van der Waals surface area contributed by atoms with Gasteiger partial charge in [-0.15, -0.1) is 0 Å². The molecule has 0 atom stereocenters. The molecule has 4 nitrogen and oxygen atoms in total. The summed E-state index contributed by atoms with van der Waals surface area (Å²) in [4.78, 5) is 6.74. The molecule has 1 aromatic heterocycles. The zero-order valence-corrected chi connectivity index (χ0v) is 11.5. The summed E-state index contributed by atoms with van der Waals surface area (Å²) in [6, 6.07) is 2.65. The molecule has 1 aliphatic carbocycles. The molecule has 0 saturated heterocycles. The van der Waals surface area contributed by atoms with Crippen LogP contribution < -0.4 is 10.6 Å². The number of aromatic nitrogens is 1. The third-order valence-corrected chi connectivity index (χ3v) is 3.42. The second-order valence-electron chi connectivity index (χ2n) is 4.52. The zero-order chi connectivity index (χ0) is 12.4. The van der Waals surface area contributed by atoms with Crippen LogP contribution in [0.15, 0.2) is 16.7 Å². The van der Waals surface area contributed by atoms with E-state index in [1.165, 1.54) is 12.8 Å². The Morgan fingerprint density at radius 2 is 2.35 bits per heavy atom. The van der Waals surface area contributed by atoms with Gasteiger partial charge in [0.1, 0.15) is 5.82 Å². The first-order valence-electron chi connectivity index (χ1n) is 5.79. The fourth-order valence-electron chi connectivity index (χ4n) is 1.83. The molecule has 1 aliphatic rings. The summed E-state index contributed by atoms with van der Waals surface area (Å²) >= 11 is 3.56. The lowest BCUT2D eigenvalue weighted by atomic mass is 10.3. The van der Waals surface area contributed by atoms with Gasteiger partial charge < -0.3 is 10.6 Å². The molecule has 1 heterocycles. The average Bonchev–Trinajstić information content (AvgIpc) is 3.04. The average molecular weight is 297 g/mol. The Morgan fingerprint density at radius 1 is 1.65 bits per heavy atom. The lowest BCUT2D eigenvalue weighted by Crippen LogP contribution is -2.30. The summed E-state index contributed by atoms with van der Waals surface area (Å²) in [7, 11) is 0. The minimum atomic E-state index is 0.235. The second-order valence-corrected chi connectivity index (χ2v) is 5.37. The first-order chi connectivity index (χ1) is 8.08. The monoisotopic (exact) mass is 296 g/mol. The molecular weight excluding hydrogens is 280 g/mol. The first kappa shape index (κ1) is 12.4. The topological polar surface area (TPSA) is 66.0 Å². The van der Waals surface area contributed by atoms with Crippen LogP contribution in [0, 0.1) is 12.3 Å². The first-order valence-corrected chi connectivity index (χ1v) is 6.59. The maximum Gasteiger partial charge on any atom is 0.143 e. The SMILES string of the molecule is Cc1cnc(N(CCC(=N)N)C2CC2)c(Br)c1. The minimum absolute atomic E-state index is 0.235. The van der Waals surface area contributed by atoms with Crippen LogP contribution in [-0.4, -0.2) is 23.4 Å². The summed E-state index contributed by atoms with van der Waals surface area (Å²) in [5.41, 5.74) is 6.57. The molecule has 1 aromatic rings. The Labute approximate surface area is 110 Å². The van der Waals surface area contributed by atoms with Gasteiger partial charge in [0.05, 0.1) is 10.3 Å². The summed E-state index contributed by atoms with van der Waals surface area (Å²) in [5, 5.41) is 7.32. The quantitative estimate of drug-likeness (QED) is 0.648. The van der Waals surface area contributed by atoms with E-state index in [2.05, 4.69) is 31.9 Å². The van der Waals surface area contributed by atoms with Crippen molar-refractivity contribution < 1.29 is 0 Å². The normalized spacial score (nSPS) is 14.7. The maximum atomic E-state index is 7.32. The Bertz CT molecular complexity index is 429. The second kappa shape index (κ2) is 5.04. The molecule has 2 rings (SSSR count). The van der Waals surface area contributed by atoms with E-state index in [1.807, 2.05) is 13.1 Å². The molecule has 0 unspecified atom stereocenters. The fourth-order valence-corrected chi connectivity index (χ4v) is 2.52. The van der Waals surface area contributed by atoms with Crippen molar-refractivity contribution in [3.8, 4) is 0 Å². The van der Waals surface area contributed by atoms with Crippen molar-refractivity contribution in [2.24, 2.45) is 5.73 Å². The number of amidine groups is 1. The lowest BCUT2D eigenvalue weighted by Gasteiger charge is -2.24. The number of nitrogens with two attached hydrogens (primary N) is 1. The van der Waals surface area contributed by atoms with Gasteiger partial charge in [0.25, 0.3) is 0 Å². The van der Waals surface area contributed by atoms with E-state index >= 15 is 0 Å². The highest BCUT2D eigenvalue weighted by Crippen LogP contribution is 2.34. The van der Waals surface area contributed by atoms with Crippen LogP contribution in [0.4, 0.5) is 5.82 Å². The van der Waals surface area contributed by atoms with Gasteiger partial charge in [-0.2, -0.15) is 0 Å². The van der Waals surface area contributed by atoms with Gasteiger partial charge in [-0.25, -0.2) is 4.98 Å². The van der Waals surface area contributed by atoms with Crippen LogP contribution in [0.2, 0.25) is 0 Å². The molecule has 0 bridgehead atoms. The molecule has 3 N–H and O–H groups in total. The molecule has 0 amide bonds. The van der Waals surface area contributed by atoms with Crippen LogP contribution in [0.1, 0.15) is 24.8 Å². The van der Waals surface area contributed by atoms with Gasteiger partial charge in [0.2, 0.25) is 0 Å². The lowest BCUT2D eigenvalue weighted by molar-refractivity contribution is 0.778. The predicted molar refractivity (Wildman–Crippen MR) is 73.6 cm³/mol. The molecule has 0 aliphatic heterocycles. The molecule has 0 spiro atoms. The number of hydrogen-bond donors (Lipinski definition) is 2. The summed E-state index contributed by atoms with van der Waals surface area (Å²) < 4.78 is 1.02. The van der Waals surface area contributed by atoms with Crippen molar-refractivity contribution in [1.82, 2.24) is 4.98 Å². The van der Waals surface area contributed by atoms with Gasteiger partial charge in [0.15, 0.2) is 0 Å². The predicted octanol–water partition coefficient (Wildman–Crippen LogP) is 2.45. The fraction of sp³-hybridized carbons (Fsp3) is 0.500. The van der Waals surface area contributed by atoms with Crippen molar-refractivity contribution in [2.75, 3.05) is 11.4 Å². The van der Waals surface area contributed by atoms with Gasteiger partial charge in [0, 0.05) is 25.2 Å². The van der Waals surface area contributed by atoms with Crippen LogP contribution in [0.5, 0.6) is 0 Å². The third-order valence-electron chi connectivity index (χ3n) is 2.84. The Hall–Kier alpha value is -1.10. The molecular formula is C12H17BrN4. The van der Waals surface area contributed by atoms with Crippen molar-refractivity contribution in [2.45, 2.75) is 32.2 Å². The molecule has 5 heteroatoms. The van der Waals surface area contributed by atoms with E-state index in [1.54, 1.807) is 0 Å². The molecule has 1 saturated carbocycles.